The van der Waals surface area contributed by atoms with Gasteiger partial charge in [-0.25, -0.2) is 0 Å². The lowest BCUT2D eigenvalue weighted by molar-refractivity contribution is 0.943. The number of rotatable bonds is 5. The highest BCUT2D eigenvalue weighted by Crippen LogP contribution is 2.14. The fourth-order valence-electron chi connectivity index (χ4n) is 1.25. The first-order valence-corrected chi connectivity index (χ1v) is 4.91. The van der Waals surface area contributed by atoms with Gasteiger partial charge in [-0.05, 0) is 38.7 Å². The predicted octanol–water partition coefficient (Wildman–Crippen LogP) is 4.29. The highest BCUT2D eigenvalue weighted by atomic mass is 14.0. The molecule has 0 aliphatic rings. The average Bonchev–Trinajstić information content (AvgIpc) is 2.10. The molecule has 0 atom stereocenters. The molecule has 0 fully saturated rings. The van der Waals surface area contributed by atoms with Crippen LogP contribution in [0.4, 0.5) is 0 Å². The molecule has 0 saturated heterocycles. The summed E-state index contributed by atoms with van der Waals surface area (Å²) in [4.78, 5) is 0. The van der Waals surface area contributed by atoms with Crippen LogP contribution in [0.3, 0.4) is 0 Å². The van der Waals surface area contributed by atoms with Crippen molar-refractivity contribution in [1.82, 2.24) is 0 Å². The van der Waals surface area contributed by atoms with E-state index in [1.54, 1.807) is 0 Å². The SMILES string of the molecule is [CH2]CC=C(CC)/C(C)=C/CCC. The minimum Gasteiger partial charge on any atom is -0.0813 e. The van der Waals surface area contributed by atoms with Crippen LogP contribution in [0.2, 0.25) is 0 Å². The molecule has 0 aromatic heterocycles. The van der Waals surface area contributed by atoms with Gasteiger partial charge in [-0.2, -0.15) is 0 Å². The van der Waals surface area contributed by atoms with Crippen LogP contribution < -0.4 is 0 Å². The van der Waals surface area contributed by atoms with Gasteiger partial charge in [0.1, 0.15) is 0 Å². The minimum absolute atomic E-state index is 0.903. The second-order valence-electron chi connectivity index (χ2n) is 3.05. The van der Waals surface area contributed by atoms with E-state index in [0.717, 1.165) is 12.8 Å². The summed E-state index contributed by atoms with van der Waals surface area (Å²) < 4.78 is 0. The number of hydrogen-bond acceptors (Lipinski definition) is 0. The van der Waals surface area contributed by atoms with E-state index in [-0.39, 0.29) is 0 Å². The molecule has 0 aliphatic heterocycles. The molecule has 0 saturated carbocycles. The van der Waals surface area contributed by atoms with Crippen molar-refractivity contribution in [2.75, 3.05) is 0 Å². The summed E-state index contributed by atoms with van der Waals surface area (Å²) >= 11 is 0. The Kier molecular flexibility index (Phi) is 6.84. The lowest BCUT2D eigenvalue weighted by Gasteiger charge is -2.04. The summed E-state index contributed by atoms with van der Waals surface area (Å²) in [5.74, 6) is 0. The van der Waals surface area contributed by atoms with Crippen LogP contribution in [0.25, 0.3) is 0 Å². The van der Waals surface area contributed by atoms with E-state index in [2.05, 4.69) is 39.8 Å². The van der Waals surface area contributed by atoms with E-state index in [1.807, 2.05) is 0 Å². The maximum Gasteiger partial charge on any atom is -0.0308 e. The summed E-state index contributed by atoms with van der Waals surface area (Å²) in [6, 6.07) is 0. The summed E-state index contributed by atoms with van der Waals surface area (Å²) in [5, 5.41) is 0. The van der Waals surface area contributed by atoms with Crippen molar-refractivity contribution >= 4 is 0 Å². The molecule has 0 bridgehead atoms. The average molecular weight is 165 g/mol. The first kappa shape index (κ1) is 11.5. The van der Waals surface area contributed by atoms with Gasteiger partial charge in [0.15, 0.2) is 0 Å². The molecule has 0 heterocycles. The van der Waals surface area contributed by atoms with Crippen molar-refractivity contribution in [2.24, 2.45) is 0 Å². The molecule has 0 heteroatoms. The van der Waals surface area contributed by atoms with Crippen LogP contribution in [0, 0.1) is 6.92 Å². The molecule has 0 nitrogen and oxygen atoms in total. The van der Waals surface area contributed by atoms with Crippen LogP contribution in [0.1, 0.15) is 46.5 Å². The van der Waals surface area contributed by atoms with Crippen LogP contribution in [-0.2, 0) is 0 Å². The van der Waals surface area contributed by atoms with Gasteiger partial charge >= 0.3 is 0 Å². The van der Waals surface area contributed by atoms with Crippen molar-refractivity contribution in [2.45, 2.75) is 46.5 Å². The van der Waals surface area contributed by atoms with Gasteiger partial charge in [0.2, 0.25) is 0 Å². The van der Waals surface area contributed by atoms with Crippen LogP contribution >= 0.6 is 0 Å². The van der Waals surface area contributed by atoms with Gasteiger partial charge in [0.05, 0.1) is 0 Å². The molecule has 0 aromatic carbocycles. The Morgan fingerprint density at radius 2 is 1.92 bits per heavy atom. The van der Waals surface area contributed by atoms with Crippen molar-refractivity contribution in [1.29, 1.82) is 0 Å². The molecule has 0 amide bonds. The molecule has 69 valence electrons. The highest BCUT2D eigenvalue weighted by molar-refractivity contribution is 5.28. The Morgan fingerprint density at radius 1 is 1.25 bits per heavy atom. The Hall–Kier alpha value is -0.520. The van der Waals surface area contributed by atoms with Crippen molar-refractivity contribution < 1.29 is 0 Å². The maximum absolute atomic E-state index is 3.83. The summed E-state index contributed by atoms with van der Waals surface area (Å²) in [5.41, 5.74) is 2.89. The molecule has 0 unspecified atom stereocenters. The fourth-order valence-corrected chi connectivity index (χ4v) is 1.25. The summed E-state index contributed by atoms with van der Waals surface area (Å²) in [6.07, 6.45) is 9.01. The van der Waals surface area contributed by atoms with E-state index < -0.39 is 0 Å². The normalized spacial score (nSPS) is 13.7. The molecule has 0 N–H and O–H groups in total. The van der Waals surface area contributed by atoms with Crippen molar-refractivity contribution in [3.8, 4) is 0 Å². The van der Waals surface area contributed by atoms with Crippen molar-refractivity contribution in [3.05, 3.63) is 30.2 Å². The quantitative estimate of drug-likeness (QED) is 0.533. The van der Waals surface area contributed by atoms with Crippen LogP contribution in [-0.4, -0.2) is 0 Å². The Bertz CT molecular complexity index is 161. The summed E-state index contributed by atoms with van der Waals surface area (Å²) in [6.45, 7) is 10.4. The number of unbranched alkanes of at least 4 members (excludes halogenated alkanes) is 1. The van der Waals surface area contributed by atoms with Gasteiger partial charge in [-0.15, -0.1) is 0 Å². The fraction of sp³-hybridized carbons (Fsp3) is 0.583. The van der Waals surface area contributed by atoms with Gasteiger partial charge in [-0.3, -0.25) is 0 Å². The molecule has 0 spiro atoms. The zero-order valence-electron chi connectivity index (χ0n) is 8.69. The minimum atomic E-state index is 0.903. The molecule has 0 rings (SSSR count). The zero-order chi connectivity index (χ0) is 9.40. The Morgan fingerprint density at radius 3 is 2.33 bits per heavy atom. The lowest BCUT2D eigenvalue weighted by atomic mass is 10.0. The zero-order valence-corrected chi connectivity index (χ0v) is 8.69. The molecular weight excluding hydrogens is 144 g/mol. The van der Waals surface area contributed by atoms with Crippen molar-refractivity contribution in [3.63, 3.8) is 0 Å². The maximum atomic E-state index is 3.83. The monoisotopic (exact) mass is 165 g/mol. The van der Waals surface area contributed by atoms with Gasteiger partial charge < -0.3 is 0 Å². The van der Waals surface area contributed by atoms with E-state index in [9.17, 15) is 0 Å². The molecular formula is C12H21. The smallest absolute Gasteiger partial charge is 0.0308 e. The first-order chi connectivity index (χ1) is 5.76. The third-order valence-corrected chi connectivity index (χ3v) is 2.02. The second kappa shape index (κ2) is 7.15. The highest BCUT2D eigenvalue weighted by Gasteiger charge is 1.94. The topological polar surface area (TPSA) is 0 Å². The van der Waals surface area contributed by atoms with Gasteiger partial charge in [0, 0.05) is 0 Å². The van der Waals surface area contributed by atoms with E-state index in [0.29, 0.717) is 0 Å². The number of hydrogen-bond donors (Lipinski definition) is 0. The number of allylic oxidation sites excluding steroid dienone is 4. The first-order valence-electron chi connectivity index (χ1n) is 4.91. The summed E-state index contributed by atoms with van der Waals surface area (Å²) in [7, 11) is 0. The Balaban J connectivity index is 4.20. The second-order valence-corrected chi connectivity index (χ2v) is 3.05. The van der Waals surface area contributed by atoms with Gasteiger partial charge in [-0.1, -0.05) is 38.0 Å². The Labute approximate surface area is 77.4 Å². The molecule has 12 heavy (non-hydrogen) atoms. The van der Waals surface area contributed by atoms with Gasteiger partial charge in [0.25, 0.3) is 0 Å². The van der Waals surface area contributed by atoms with E-state index >= 15 is 0 Å². The lowest BCUT2D eigenvalue weighted by Crippen LogP contribution is -1.83. The van der Waals surface area contributed by atoms with Crippen LogP contribution in [0.5, 0.6) is 0 Å². The molecule has 1 radical (unpaired) electrons. The third kappa shape index (κ3) is 4.38. The third-order valence-electron chi connectivity index (χ3n) is 2.02. The molecule has 0 aliphatic carbocycles. The van der Waals surface area contributed by atoms with E-state index in [4.69, 9.17) is 0 Å². The predicted molar refractivity (Wildman–Crippen MR) is 57.0 cm³/mol. The van der Waals surface area contributed by atoms with E-state index in [1.165, 1.54) is 24.0 Å². The largest absolute Gasteiger partial charge is 0.0813 e. The molecule has 0 aromatic rings. The standard InChI is InChI=1S/C12H21/c1-5-8-10-11(4)12(7-3)9-6-2/h9-10H,2,5-8H2,1,3-4H3/b11-10+,12-9?. The van der Waals surface area contributed by atoms with Crippen LogP contribution in [0.15, 0.2) is 23.3 Å².